The molecule has 1 aromatic rings. The number of amides is 1. The van der Waals surface area contributed by atoms with Gasteiger partial charge >= 0.3 is 10.4 Å². The number of allylic oxidation sites excluding steroid dienone is 2. The van der Waals surface area contributed by atoms with E-state index in [4.69, 9.17) is 4.18 Å². The van der Waals surface area contributed by atoms with Crippen LogP contribution < -0.4 is 0 Å². The van der Waals surface area contributed by atoms with E-state index >= 15 is 0 Å². The number of nitrogens with zero attached hydrogens (tertiary/aromatic N) is 2. The van der Waals surface area contributed by atoms with E-state index in [2.05, 4.69) is 43.7 Å². The summed E-state index contributed by atoms with van der Waals surface area (Å²) in [5.74, 6) is 1.24. The van der Waals surface area contributed by atoms with Crippen molar-refractivity contribution in [1.29, 1.82) is 0 Å². The zero-order valence-corrected chi connectivity index (χ0v) is 24.9. The molecular weight excluding hydrogens is 514 g/mol. The maximum absolute atomic E-state index is 12.9. The highest BCUT2D eigenvalue weighted by molar-refractivity contribution is 7.80. The van der Waals surface area contributed by atoms with Crippen LogP contribution in [0.1, 0.15) is 91.2 Å². The molecule has 4 rings (SSSR count). The zero-order chi connectivity index (χ0) is 28.3. The SMILES string of the molecule is C[C@H]1CC[C@H]2C(=CCCC2(C)C)[C@]1(C)CC[C@@H](CCCC1=CCN(CCc2cnc[nH]2)C1=O)COS(=O)(=O)O. The maximum atomic E-state index is 12.9. The molecule has 0 bridgehead atoms. The largest absolute Gasteiger partial charge is 0.397 e. The summed E-state index contributed by atoms with van der Waals surface area (Å²) in [7, 11) is -4.50. The molecule has 2 N–H and O–H groups in total. The van der Waals surface area contributed by atoms with Gasteiger partial charge in [-0.1, -0.05) is 45.4 Å². The van der Waals surface area contributed by atoms with Crippen LogP contribution in [0.4, 0.5) is 0 Å². The predicted octanol–water partition coefficient (Wildman–Crippen LogP) is 5.91. The van der Waals surface area contributed by atoms with E-state index in [9.17, 15) is 17.8 Å². The molecule has 0 radical (unpaired) electrons. The van der Waals surface area contributed by atoms with Crippen molar-refractivity contribution < 1.29 is 21.9 Å². The van der Waals surface area contributed by atoms with Gasteiger partial charge in [-0.15, -0.1) is 0 Å². The molecule has 2 aliphatic carbocycles. The normalized spacial score (nSPS) is 27.7. The lowest BCUT2D eigenvalue weighted by atomic mass is 9.52. The molecule has 0 aromatic carbocycles. The number of H-pyrrole nitrogens is 1. The number of hydrogen-bond acceptors (Lipinski definition) is 5. The van der Waals surface area contributed by atoms with Gasteiger partial charge in [-0.2, -0.15) is 8.42 Å². The summed E-state index contributed by atoms with van der Waals surface area (Å²) in [4.78, 5) is 21.8. The number of carbonyl (C=O) groups is 1. The number of aromatic amines is 1. The quantitative estimate of drug-likeness (QED) is 0.229. The average molecular weight is 562 g/mol. The van der Waals surface area contributed by atoms with Crippen molar-refractivity contribution in [3.8, 4) is 0 Å². The fourth-order valence-corrected chi connectivity index (χ4v) is 7.54. The number of nitrogens with one attached hydrogen (secondary N) is 1. The molecule has 39 heavy (non-hydrogen) atoms. The first-order valence-electron chi connectivity index (χ1n) is 14.7. The Kier molecular flexibility index (Phi) is 9.44. The van der Waals surface area contributed by atoms with Crippen molar-refractivity contribution in [2.75, 3.05) is 19.7 Å². The van der Waals surface area contributed by atoms with Gasteiger partial charge < -0.3 is 9.88 Å². The van der Waals surface area contributed by atoms with Gasteiger partial charge in [-0.3, -0.25) is 9.35 Å². The molecule has 1 amide bonds. The molecular formula is C30H47N3O5S. The molecule has 218 valence electrons. The molecule has 2 heterocycles. The van der Waals surface area contributed by atoms with E-state index in [1.807, 2.05) is 11.0 Å². The topological polar surface area (TPSA) is 113 Å². The number of rotatable bonds is 13. The first-order chi connectivity index (χ1) is 18.4. The summed E-state index contributed by atoms with van der Waals surface area (Å²) in [6, 6.07) is 0. The van der Waals surface area contributed by atoms with E-state index in [1.165, 1.54) is 19.3 Å². The monoisotopic (exact) mass is 561 g/mol. The van der Waals surface area contributed by atoms with Crippen molar-refractivity contribution in [3.63, 3.8) is 0 Å². The van der Waals surface area contributed by atoms with Gasteiger partial charge in [-0.25, -0.2) is 9.17 Å². The first-order valence-corrected chi connectivity index (χ1v) is 16.0. The number of hydrogen-bond donors (Lipinski definition) is 2. The second-order valence-electron chi connectivity index (χ2n) is 13.0. The third-order valence-electron chi connectivity index (χ3n) is 10.0. The van der Waals surface area contributed by atoms with Crippen molar-refractivity contribution in [1.82, 2.24) is 14.9 Å². The van der Waals surface area contributed by atoms with Gasteiger partial charge in [0.15, 0.2) is 0 Å². The molecule has 9 heteroatoms. The van der Waals surface area contributed by atoms with E-state index in [-0.39, 0.29) is 23.8 Å². The molecule has 1 saturated carbocycles. The second kappa shape index (κ2) is 12.3. The fraction of sp³-hybridized carbons (Fsp3) is 0.733. The Bertz CT molecular complexity index is 1160. The van der Waals surface area contributed by atoms with Crippen molar-refractivity contribution in [2.24, 2.45) is 28.6 Å². The highest BCUT2D eigenvalue weighted by atomic mass is 32.3. The summed E-state index contributed by atoms with van der Waals surface area (Å²) < 4.78 is 36.9. The number of fused-ring (bicyclic) bond motifs is 1. The van der Waals surface area contributed by atoms with Crippen molar-refractivity contribution in [3.05, 3.63) is 41.5 Å². The summed E-state index contributed by atoms with van der Waals surface area (Å²) >= 11 is 0. The van der Waals surface area contributed by atoms with Crippen LogP contribution in [0.25, 0.3) is 0 Å². The fourth-order valence-electron chi connectivity index (χ4n) is 7.18. The van der Waals surface area contributed by atoms with Crippen LogP contribution in [0.2, 0.25) is 0 Å². The molecule has 0 saturated heterocycles. The summed E-state index contributed by atoms with van der Waals surface area (Å²) in [6.07, 6.45) is 17.5. The van der Waals surface area contributed by atoms with Crippen LogP contribution >= 0.6 is 0 Å². The standard InChI is InChI=1S/C30H47N3O5S/c1-22-10-11-26-27(9-6-15-29(26,2)3)30(22,4)16-12-23(20-38-39(35,36)37)7-5-8-24-13-17-33(28(24)34)18-14-25-19-31-21-32-25/h9,13,19,21-23,26H,5-8,10-12,14-18,20H2,1-4H3,(H,31,32)(H,35,36,37)/t22-,23+,26-,30+/m0/s1. The highest BCUT2D eigenvalue weighted by Gasteiger charge is 2.47. The Morgan fingerprint density at radius 1 is 1.21 bits per heavy atom. The molecule has 1 aromatic heterocycles. The van der Waals surface area contributed by atoms with Crippen LogP contribution in [-0.4, -0.2) is 53.4 Å². The minimum absolute atomic E-state index is 0.0119. The summed E-state index contributed by atoms with van der Waals surface area (Å²) in [5, 5.41) is 0. The van der Waals surface area contributed by atoms with Crippen molar-refractivity contribution >= 4 is 16.3 Å². The van der Waals surface area contributed by atoms with Crippen LogP contribution in [0, 0.1) is 28.6 Å². The van der Waals surface area contributed by atoms with Crippen LogP contribution in [0.5, 0.6) is 0 Å². The van der Waals surface area contributed by atoms with Gasteiger partial charge in [0.1, 0.15) is 0 Å². The van der Waals surface area contributed by atoms with Crippen molar-refractivity contribution in [2.45, 2.75) is 91.9 Å². The van der Waals surface area contributed by atoms with Gasteiger partial charge in [0, 0.05) is 37.0 Å². The minimum atomic E-state index is -4.50. The van der Waals surface area contributed by atoms with Crippen LogP contribution in [-0.2, 0) is 25.8 Å². The van der Waals surface area contributed by atoms with Gasteiger partial charge in [-0.05, 0) is 86.4 Å². The Hall–Kier alpha value is -1.97. The lowest BCUT2D eigenvalue weighted by molar-refractivity contribution is -0.125. The van der Waals surface area contributed by atoms with Crippen LogP contribution in [0.15, 0.2) is 35.8 Å². The Morgan fingerprint density at radius 3 is 2.72 bits per heavy atom. The molecule has 0 unspecified atom stereocenters. The zero-order valence-electron chi connectivity index (χ0n) is 24.1. The first kappa shape index (κ1) is 30.0. The third-order valence-corrected chi connectivity index (χ3v) is 10.5. The van der Waals surface area contributed by atoms with E-state index in [0.29, 0.717) is 36.8 Å². The number of imidazole rings is 1. The van der Waals surface area contributed by atoms with E-state index < -0.39 is 10.4 Å². The highest BCUT2D eigenvalue weighted by Crippen LogP contribution is 2.58. The minimum Gasteiger partial charge on any atom is -0.348 e. The number of carbonyl (C=O) groups excluding carboxylic acids is 1. The smallest absolute Gasteiger partial charge is 0.348 e. The second-order valence-corrected chi connectivity index (χ2v) is 14.0. The average Bonchev–Trinajstić information content (AvgIpc) is 3.51. The third kappa shape index (κ3) is 7.41. The summed E-state index contributed by atoms with van der Waals surface area (Å²) in [6.45, 7) is 10.8. The van der Waals surface area contributed by atoms with Gasteiger partial charge in [0.2, 0.25) is 5.91 Å². The Balaban J connectivity index is 1.33. The lowest BCUT2D eigenvalue weighted by Gasteiger charge is -2.53. The van der Waals surface area contributed by atoms with Gasteiger partial charge in [0.05, 0.1) is 12.9 Å². The molecule has 0 spiro atoms. The summed E-state index contributed by atoms with van der Waals surface area (Å²) in [5.41, 5.74) is 3.84. The van der Waals surface area contributed by atoms with E-state index in [1.54, 1.807) is 18.1 Å². The molecule has 8 nitrogen and oxygen atoms in total. The van der Waals surface area contributed by atoms with Crippen LogP contribution in [0.3, 0.4) is 0 Å². The molecule has 1 aliphatic heterocycles. The molecule has 4 atom stereocenters. The van der Waals surface area contributed by atoms with Gasteiger partial charge in [0.25, 0.3) is 0 Å². The lowest BCUT2D eigenvalue weighted by Crippen LogP contribution is -2.43. The van der Waals surface area contributed by atoms with E-state index in [0.717, 1.165) is 49.8 Å². The number of aromatic nitrogens is 2. The predicted molar refractivity (Wildman–Crippen MR) is 152 cm³/mol. The Morgan fingerprint density at radius 2 is 2.00 bits per heavy atom. The molecule has 1 fully saturated rings. The maximum Gasteiger partial charge on any atom is 0.397 e. The molecule has 3 aliphatic rings. The Labute approximate surface area is 234 Å².